The first-order valence-corrected chi connectivity index (χ1v) is 7.60. The van der Waals surface area contributed by atoms with E-state index >= 15 is 0 Å². The number of pyridine rings is 1. The van der Waals surface area contributed by atoms with Gasteiger partial charge in [-0.15, -0.1) is 0 Å². The number of H-pyrrole nitrogens is 1. The number of nitrogens with two attached hydrogens (primary N) is 1. The first-order valence-electron chi connectivity index (χ1n) is 7.60. The Morgan fingerprint density at radius 3 is 2.63 bits per heavy atom. The van der Waals surface area contributed by atoms with Crippen molar-refractivity contribution < 1.29 is 33.0 Å². The fourth-order valence-electron chi connectivity index (χ4n) is 2.62. The molecule has 0 aliphatic heterocycles. The van der Waals surface area contributed by atoms with Gasteiger partial charge in [0.05, 0.1) is 12.7 Å². The molecule has 1 unspecified atom stereocenters. The van der Waals surface area contributed by atoms with E-state index in [1.54, 1.807) is 0 Å². The minimum absolute atomic E-state index is 0.203. The van der Waals surface area contributed by atoms with Crippen LogP contribution in [0.25, 0.3) is 0 Å². The van der Waals surface area contributed by atoms with Gasteiger partial charge in [-0.05, 0) is 17.7 Å². The Morgan fingerprint density at radius 1 is 1.33 bits per heavy atom. The van der Waals surface area contributed by atoms with E-state index in [4.69, 9.17) is 5.73 Å². The number of hydrogen-bond acceptors (Lipinski definition) is 6. The van der Waals surface area contributed by atoms with E-state index in [0.717, 1.165) is 13.3 Å². The number of aromatic nitrogens is 1. The molecular formula is C17H16F2N2O6. The topological polar surface area (TPSA) is 132 Å². The number of aromatic hydroxyl groups is 1. The van der Waals surface area contributed by atoms with Crippen molar-refractivity contribution in [1.29, 1.82) is 0 Å². The van der Waals surface area contributed by atoms with E-state index in [1.165, 1.54) is 24.3 Å². The van der Waals surface area contributed by atoms with Crippen LogP contribution in [0.3, 0.4) is 0 Å². The van der Waals surface area contributed by atoms with Crippen molar-refractivity contribution in [2.45, 2.75) is 19.0 Å². The highest BCUT2D eigenvalue weighted by atomic mass is 19.3. The molecule has 0 radical (unpaired) electrons. The summed E-state index contributed by atoms with van der Waals surface area (Å²) in [5.41, 5.74) is 3.99. The average Bonchev–Trinajstić information content (AvgIpc) is 2.59. The molecule has 1 aromatic heterocycles. The third-order valence-corrected chi connectivity index (χ3v) is 3.75. The predicted octanol–water partition coefficient (Wildman–Crippen LogP) is 1.48. The molecule has 0 bridgehead atoms. The lowest BCUT2D eigenvalue weighted by atomic mass is 9.87. The summed E-state index contributed by atoms with van der Waals surface area (Å²) in [6, 6.07) is 5.25. The summed E-state index contributed by atoms with van der Waals surface area (Å²) >= 11 is 0. The number of aromatic amines is 1. The first kappa shape index (κ1) is 19.9. The maximum absolute atomic E-state index is 12.5. The molecule has 2 aromatic rings. The van der Waals surface area contributed by atoms with Crippen LogP contribution in [0.4, 0.5) is 8.78 Å². The summed E-state index contributed by atoms with van der Waals surface area (Å²) in [5.74, 6) is -3.76. The van der Waals surface area contributed by atoms with E-state index in [2.05, 4.69) is 14.5 Å². The Hall–Kier alpha value is -3.43. The number of halogens is 2. The van der Waals surface area contributed by atoms with Crippen LogP contribution in [0.2, 0.25) is 0 Å². The number of hydrogen-bond donors (Lipinski definition) is 3. The lowest BCUT2D eigenvalue weighted by Crippen LogP contribution is -2.24. The molecule has 144 valence electrons. The molecule has 0 spiro atoms. The molecule has 1 atom stereocenters. The first-order chi connectivity index (χ1) is 12.7. The lowest BCUT2D eigenvalue weighted by molar-refractivity contribution is -0.118. The number of nitrogens with one attached hydrogen (secondary N) is 1. The van der Waals surface area contributed by atoms with Crippen molar-refractivity contribution in [3.8, 4) is 11.5 Å². The fourth-order valence-corrected chi connectivity index (χ4v) is 2.62. The van der Waals surface area contributed by atoms with Gasteiger partial charge < -0.3 is 25.3 Å². The van der Waals surface area contributed by atoms with Crippen molar-refractivity contribution in [2.24, 2.45) is 5.73 Å². The number of ether oxygens (including phenoxy) is 2. The number of alkyl halides is 2. The summed E-state index contributed by atoms with van der Waals surface area (Å²) < 4.78 is 33.7. The van der Waals surface area contributed by atoms with Gasteiger partial charge in [0, 0.05) is 18.5 Å². The number of esters is 1. The normalized spacial score (nSPS) is 11.9. The van der Waals surface area contributed by atoms with Gasteiger partial charge in [-0.2, -0.15) is 8.78 Å². The van der Waals surface area contributed by atoms with Gasteiger partial charge in [-0.25, -0.2) is 4.79 Å². The average molecular weight is 382 g/mol. The van der Waals surface area contributed by atoms with Crippen molar-refractivity contribution in [2.75, 3.05) is 7.11 Å². The molecule has 0 aliphatic carbocycles. The van der Waals surface area contributed by atoms with Crippen LogP contribution in [0.5, 0.6) is 11.5 Å². The quantitative estimate of drug-likeness (QED) is 0.622. The molecular weight excluding hydrogens is 366 g/mol. The molecule has 4 N–H and O–H groups in total. The van der Waals surface area contributed by atoms with E-state index in [-0.39, 0.29) is 22.4 Å². The molecule has 2 rings (SSSR count). The smallest absolute Gasteiger partial charge is 0.387 e. The van der Waals surface area contributed by atoms with Gasteiger partial charge >= 0.3 is 12.6 Å². The maximum atomic E-state index is 12.5. The second kappa shape index (κ2) is 8.30. The number of methoxy groups -OCH3 is 1. The third-order valence-electron chi connectivity index (χ3n) is 3.75. The predicted molar refractivity (Wildman–Crippen MR) is 88.8 cm³/mol. The number of rotatable bonds is 7. The van der Waals surface area contributed by atoms with Crippen molar-refractivity contribution in [3.63, 3.8) is 0 Å². The van der Waals surface area contributed by atoms with Crippen LogP contribution < -0.4 is 16.0 Å². The highest BCUT2D eigenvalue weighted by molar-refractivity contribution is 5.92. The Morgan fingerprint density at radius 2 is 2.04 bits per heavy atom. The van der Waals surface area contributed by atoms with Gasteiger partial charge in [0.2, 0.25) is 5.91 Å². The van der Waals surface area contributed by atoms with Crippen LogP contribution >= 0.6 is 0 Å². The second-order valence-electron chi connectivity index (χ2n) is 5.46. The van der Waals surface area contributed by atoms with Crippen LogP contribution in [-0.2, 0) is 9.53 Å². The Balaban J connectivity index is 2.63. The summed E-state index contributed by atoms with van der Waals surface area (Å²) in [6.07, 6.45) is 0.532. The Labute approximate surface area is 151 Å². The maximum Gasteiger partial charge on any atom is 0.387 e. The summed E-state index contributed by atoms with van der Waals surface area (Å²) in [7, 11) is 1.08. The lowest BCUT2D eigenvalue weighted by Gasteiger charge is -2.18. The Bertz CT molecular complexity index is 913. The largest absolute Gasteiger partial charge is 0.506 e. The minimum Gasteiger partial charge on any atom is -0.506 e. The van der Waals surface area contributed by atoms with Crippen molar-refractivity contribution >= 4 is 11.9 Å². The summed E-state index contributed by atoms with van der Waals surface area (Å²) in [5, 5.41) is 10.4. The molecule has 1 amide bonds. The molecule has 0 aliphatic rings. The summed E-state index contributed by atoms with van der Waals surface area (Å²) in [6.45, 7) is -3.07. The van der Waals surface area contributed by atoms with E-state index in [1.807, 2.05) is 0 Å². The molecule has 1 heterocycles. The van der Waals surface area contributed by atoms with Gasteiger partial charge in [-0.3, -0.25) is 9.59 Å². The fraction of sp³-hybridized carbons (Fsp3) is 0.235. The van der Waals surface area contributed by atoms with Crippen LogP contribution in [0.1, 0.15) is 33.8 Å². The molecule has 0 saturated carbocycles. The van der Waals surface area contributed by atoms with Gasteiger partial charge in [0.1, 0.15) is 17.1 Å². The van der Waals surface area contributed by atoms with E-state index in [9.17, 15) is 28.3 Å². The number of primary amides is 1. The number of carbonyl (C=O) groups excluding carboxylic acids is 2. The van der Waals surface area contributed by atoms with Crippen molar-refractivity contribution in [3.05, 3.63) is 57.5 Å². The molecule has 0 saturated heterocycles. The van der Waals surface area contributed by atoms with Crippen LogP contribution in [-0.4, -0.2) is 35.7 Å². The van der Waals surface area contributed by atoms with Gasteiger partial charge in [0.25, 0.3) is 5.56 Å². The number of carbonyl (C=O) groups is 2. The zero-order valence-electron chi connectivity index (χ0n) is 14.1. The molecule has 27 heavy (non-hydrogen) atoms. The van der Waals surface area contributed by atoms with Gasteiger partial charge in [0.15, 0.2) is 0 Å². The second-order valence-corrected chi connectivity index (χ2v) is 5.46. The SMILES string of the molecule is COC(=O)c1c[nH]c(=O)c(C(CC(N)=O)c2cccc(OC(F)F)c2)c1O. The minimum atomic E-state index is -3.07. The van der Waals surface area contributed by atoms with E-state index < -0.39 is 42.1 Å². The van der Waals surface area contributed by atoms with Crippen molar-refractivity contribution in [1.82, 2.24) is 4.98 Å². The Kier molecular flexibility index (Phi) is 6.11. The highest BCUT2D eigenvalue weighted by Crippen LogP contribution is 2.34. The van der Waals surface area contributed by atoms with E-state index in [0.29, 0.717) is 0 Å². The summed E-state index contributed by atoms with van der Waals surface area (Å²) in [4.78, 5) is 37.8. The number of benzene rings is 1. The zero-order chi connectivity index (χ0) is 20.1. The van der Waals surface area contributed by atoms with Gasteiger partial charge in [-0.1, -0.05) is 12.1 Å². The van der Waals surface area contributed by atoms with Crippen LogP contribution in [0, 0.1) is 0 Å². The molecule has 0 fully saturated rings. The third kappa shape index (κ3) is 4.60. The molecule has 8 nitrogen and oxygen atoms in total. The molecule has 10 heteroatoms. The zero-order valence-corrected chi connectivity index (χ0v) is 14.1. The number of amides is 1. The molecule has 1 aromatic carbocycles. The monoisotopic (exact) mass is 382 g/mol. The van der Waals surface area contributed by atoms with Crippen LogP contribution in [0.15, 0.2) is 35.3 Å². The standard InChI is InChI=1S/C17H16F2N2O6/c1-26-16(25)11-7-21-15(24)13(14(11)23)10(6-12(20)22)8-3-2-4-9(5-8)27-17(18)19/h2-5,7,10,17H,6H2,1H3,(H2,20,22)(H2,21,23,24). The highest BCUT2D eigenvalue weighted by Gasteiger charge is 2.27.